The van der Waals surface area contributed by atoms with Crippen molar-refractivity contribution < 1.29 is 22.7 Å². The van der Waals surface area contributed by atoms with Crippen LogP contribution < -0.4 is 4.74 Å². The summed E-state index contributed by atoms with van der Waals surface area (Å²) in [5, 5.41) is 0. The van der Waals surface area contributed by atoms with E-state index >= 15 is 0 Å². The first-order valence-electron chi connectivity index (χ1n) is 8.77. The largest absolute Gasteiger partial charge is 0.497 e. The number of benzene rings is 2. The van der Waals surface area contributed by atoms with E-state index in [2.05, 4.69) is 4.90 Å². The molecule has 4 nitrogen and oxygen atoms in total. The molecule has 27 heavy (non-hydrogen) atoms. The lowest BCUT2D eigenvalue weighted by molar-refractivity contribution is 0.0632. The third-order valence-electron chi connectivity index (χ3n) is 4.78. The zero-order valence-electron chi connectivity index (χ0n) is 15.1. The maximum atomic E-state index is 13.8. The van der Waals surface area contributed by atoms with E-state index in [-0.39, 0.29) is 0 Å². The van der Waals surface area contributed by atoms with Crippen molar-refractivity contribution in [3.05, 3.63) is 65.0 Å². The zero-order valence-corrected chi connectivity index (χ0v) is 15.1. The number of hydrogen-bond acceptors (Lipinski definition) is 3. The van der Waals surface area contributed by atoms with Gasteiger partial charge in [0.1, 0.15) is 5.75 Å². The van der Waals surface area contributed by atoms with Crippen molar-refractivity contribution in [2.24, 2.45) is 0 Å². The topological polar surface area (TPSA) is 32.8 Å². The molecule has 0 bridgehead atoms. The molecule has 1 aliphatic rings. The van der Waals surface area contributed by atoms with Crippen molar-refractivity contribution in [3.63, 3.8) is 0 Å². The van der Waals surface area contributed by atoms with Gasteiger partial charge in [-0.25, -0.2) is 13.2 Å². The lowest BCUT2D eigenvalue weighted by Gasteiger charge is -2.34. The molecule has 0 radical (unpaired) electrons. The Morgan fingerprint density at radius 2 is 1.78 bits per heavy atom. The second-order valence-electron chi connectivity index (χ2n) is 6.46. The molecule has 0 aliphatic carbocycles. The molecule has 0 saturated carbocycles. The molecule has 0 atom stereocenters. The number of methoxy groups -OCH3 is 1. The molecule has 0 N–H and O–H groups in total. The van der Waals surface area contributed by atoms with Crippen LogP contribution >= 0.6 is 0 Å². The SMILES string of the molecule is COc1cccc(CCN2CCN(C(=O)c3ccc(F)c(F)c3F)CC2)c1. The monoisotopic (exact) mass is 378 g/mol. The molecule has 0 aromatic heterocycles. The number of ether oxygens (including phenoxy) is 1. The molecule has 1 amide bonds. The third kappa shape index (κ3) is 4.42. The minimum atomic E-state index is -1.61. The number of halogens is 3. The van der Waals surface area contributed by atoms with E-state index < -0.39 is 28.9 Å². The van der Waals surface area contributed by atoms with Crippen LogP contribution in [-0.2, 0) is 6.42 Å². The first kappa shape index (κ1) is 19.2. The van der Waals surface area contributed by atoms with Crippen LogP contribution in [0.3, 0.4) is 0 Å². The molecule has 7 heteroatoms. The standard InChI is InChI=1S/C20H21F3N2O2/c1-27-15-4-2-3-14(13-15)7-8-24-9-11-25(12-10-24)20(26)16-5-6-17(21)19(23)18(16)22/h2-6,13H,7-12H2,1H3. The first-order chi connectivity index (χ1) is 13.0. The van der Waals surface area contributed by atoms with Gasteiger partial charge in [0.25, 0.3) is 5.91 Å². The van der Waals surface area contributed by atoms with Gasteiger partial charge in [-0.2, -0.15) is 0 Å². The molecule has 1 saturated heterocycles. The summed E-state index contributed by atoms with van der Waals surface area (Å²) >= 11 is 0. The number of rotatable bonds is 5. The van der Waals surface area contributed by atoms with Crippen LogP contribution in [0.25, 0.3) is 0 Å². The predicted octanol–water partition coefficient (Wildman–Crippen LogP) is 3.11. The van der Waals surface area contributed by atoms with Crippen LogP contribution in [0.2, 0.25) is 0 Å². The summed E-state index contributed by atoms with van der Waals surface area (Å²) in [5.74, 6) is -4.14. The van der Waals surface area contributed by atoms with Crippen LogP contribution in [0.1, 0.15) is 15.9 Å². The number of carbonyl (C=O) groups excluding carboxylic acids is 1. The molecule has 144 valence electrons. The van der Waals surface area contributed by atoms with E-state index in [0.717, 1.165) is 36.4 Å². The zero-order chi connectivity index (χ0) is 19.4. The van der Waals surface area contributed by atoms with Crippen LogP contribution in [0, 0.1) is 17.5 Å². The molecule has 2 aromatic rings. The quantitative estimate of drug-likeness (QED) is 0.750. The van der Waals surface area contributed by atoms with Crippen molar-refractivity contribution in [2.45, 2.75) is 6.42 Å². The maximum absolute atomic E-state index is 13.8. The second-order valence-corrected chi connectivity index (χ2v) is 6.46. The first-order valence-corrected chi connectivity index (χ1v) is 8.77. The van der Waals surface area contributed by atoms with E-state index in [1.807, 2.05) is 24.3 Å². The van der Waals surface area contributed by atoms with E-state index in [1.54, 1.807) is 7.11 Å². The fraction of sp³-hybridized carbons (Fsp3) is 0.350. The van der Waals surface area contributed by atoms with Gasteiger partial charge < -0.3 is 9.64 Å². The van der Waals surface area contributed by atoms with Crippen LogP contribution in [0.4, 0.5) is 13.2 Å². The molecule has 0 unspecified atom stereocenters. The molecule has 1 aliphatic heterocycles. The van der Waals surface area contributed by atoms with Gasteiger partial charge in [-0.05, 0) is 36.2 Å². The van der Waals surface area contributed by atoms with Crippen molar-refractivity contribution in [2.75, 3.05) is 39.8 Å². The Bertz CT molecular complexity index is 821. The van der Waals surface area contributed by atoms with Crippen LogP contribution in [0.5, 0.6) is 5.75 Å². The van der Waals surface area contributed by atoms with Gasteiger partial charge in [-0.1, -0.05) is 12.1 Å². The molecular weight excluding hydrogens is 357 g/mol. The summed E-state index contributed by atoms with van der Waals surface area (Å²) in [6.45, 7) is 2.93. The van der Waals surface area contributed by atoms with Gasteiger partial charge >= 0.3 is 0 Å². The number of piperazine rings is 1. The smallest absolute Gasteiger partial charge is 0.257 e. The molecule has 3 rings (SSSR count). The number of hydrogen-bond donors (Lipinski definition) is 0. The maximum Gasteiger partial charge on any atom is 0.257 e. The van der Waals surface area contributed by atoms with E-state index in [1.165, 1.54) is 4.90 Å². The minimum absolute atomic E-state index is 0.412. The number of amides is 1. The number of carbonyl (C=O) groups is 1. The third-order valence-corrected chi connectivity index (χ3v) is 4.78. The Balaban J connectivity index is 1.54. The van der Waals surface area contributed by atoms with Gasteiger partial charge in [0.15, 0.2) is 17.5 Å². The highest BCUT2D eigenvalue weighted by atomic mass is 19.2. The Morgan fingerprint density at radius 3 is 2.48 bits per heavy atom. The summed E-state index contributed by atoms with van der Waals surface area (Å²) < 4.78 is 45.4. The molecule has 1 fully saturated rings. The van der Waals surface area contributed by atoms with Gasteiger partial charge in [0.2, 0.25) is 0 Å². The number of nitrogens with zero attached hydrogens (tertiary/aromatic N) is 2. The van der Waals surface area contributed by atoms with Crippen LogP contribution in [0.15, 0.2) is 36.4 Å². The Hall–Kier alpha value is -2.54. The van der Waals surface area contributed by atoms with Crippen molar-refractivity contribution >= 4 is 5.91 Å². The fourth-order valence-electron chi connectivity index (χ4n) is 3.15. The minimum Gasteiger partial charge on any atom is -0.497 e. The lowest BCUT2D eigenvalue weighted by atomic mass is 10.1. The van der Waals surface area contributed by atoms with Gasteiger partial charge in [0.05, 0.1) is 12.7 Å². The highest BCUT2D eigenvalue weighted by Gasteiger charge is 2.26. The summed E-state index contributed by atoms with van der Waals surface area (Å²) in [6, 6.07) is 9.63. The average Bonchev–Trinajstić information content (AvgIpc) is 2.71. The van der Waals surface area contributed by atoms with Gasteiger partial charge in [0, 0.05) is 32.7 Å². The molecule has 1 heterocycles. The van der Waals surface area contributed by atoms with Crippen molar-refractivity contribution in [3.8, 4) is 5.75 Å². The normalized spacial score (nSPS) is 15.0. The molecule has 0 spiro atoms. The van der Waals surface area contributed by atoms with Crippen molar-refractivity contribution in [1.82, 2.24) is 9.80 Å². The van der Waals surface area contributed by atoms with Crippen LogP contribution in [-0.4, -0.2) is 55.5 Å². The summed E-state index contributed by atoms with van der Waals surface area (Å²) in [7, 11) is 1.63. The Labute approximate surface area is 156 Å². The van der Waals surface area contributed by atoms with E-state index in [0.29, 0.717) is 26.2 Å². The van der Waals surface area contributed by atoms with Crippen molar-refractivity contribution in [1.29, 1.82) is 0 Å². The van der Waals surface area contributed by atoms with Gasteiger partial charge in [-0.3, -0.25) is 9.69 Å². The lowest BCUT2D eigenvalue weighted by Crippen LogP contribution is -2.49. The highest BCUT2D eigenvalue weighted by molar-refractivity contribution is 5.94. The summed E-state index contributed by atoms with van der Waals surface area (Å²) in [6.07, 6.45) is 0.850. The average molecular weight is 378 g/mol. The van der Waals surface area contributed by atoms with E-state index in [9.17, 15) is 18.0 Å². The predicted molar refractivity (Wildman–Crippen MR) is 95.4 cm³/mol. The van der Waals surface area contributed by atoms with Gasteiger partial charge in [-0.15, -0.1) is 0 Å². The Morgan fingerprint density at radius 1 is 1.04 bits per heavy atom. The summed E-state index contributed by atoms with van der Waals surface area (Å²) in [5.41, 5.74) is 0.732. The summed E-state index contributed by atoms with van der Waals surface area (Å²) in [4.78, 5) is 16.1. The molecule has 2 aromatic carbocycles. The second kappa shape index (κ2) is 8.43. The fourth-order valence-corrected chi connectivity index (χ4v) is 3.15. The Kier molecular flexibility index (Phi) is 6.01. The molecular formula is C20H21F3N2O2. The highest BCUT2D eigenvalue weighted by Crippen LogP contribution is 2.18. The van der Waals surface area contributed by atoms with E-state index in [4.69, 9.17) is 4.74 Å².